The third kappa shape index (κ3) is 5.42. The summed E-state index contributed by atoms with van der Waals surface area (Å²) in [6.07, 6.45) is -2.84. The Kier molecular flexibility index (Phi) is 7.50. The summed E-state index contributed by atoms with van der Waals surface area (Å²) >= 11 is 6.26. The van der Waals surface area contributed by atoms with Crippen LogP contribution in [0.25, 0.3) is 16.8 Å². The van der Waals surface area contributed by atoms with E-state index >= 15 is 0 Å². The number of phosphoric ester groups is 1. The summed E-state index contributed by atoms with van der Waals surface area (Å²) in [5.41, 5.74) is 11.6. The molecule has 0 aromatic carbocycles. The van der Waals surface area contributed by atoms with Crippen LogP contribution in [-0.4, -0.2) is 102 Å². The molecule has 4 aromatic heterocycles. The highest BCUT2D eigenvalue weighted by Gasteiger charge is 2.51. The van der Waals surface area contributed by atoms with Crippen molar-refractivity contribution in [2.45, 2.75) is 47.6 Å². The second-order valence-corrected chi connectivity index (χ2v) is 15.5. The molecule has 4 aromatic rings. The van der Waals surface area contributed by atoms with Crippen molar-refractivity contribution in [1.29, 1.82) is 0 Å². The van der Waals surface area contributed by atoms with Gasteiger partial charge in [-0.25, -0.2) is 19.2 Å². The predicted octanol–water partition coefficient (Wildman–Crippen LogP) is -1.24. The Morgan fingerprint density at radius 1 is 1.14 bits per heavy atom. The van der Waals surface area contributed by atoms with Crippen molar-refractivity contribution in [1.82, 2.24) is 44.5 Å². The molecule has 3 fully saturated rings. The van der Waals surface area contributed by atoms with Gasteiger partial charge in [-0.3, -0.25) is 23.3 Å². The molecule has 7 heterocycles. The molecule has 44 heavy (non-hydrogen) atoms. The summed E-state index contributed by atoms with van der Waals surface area (Å²) in [5.74, 6) is -0.127. The van der Waals surface area contributed by atoms with E-state index in [9.17, 15) is 24.3 Å². The third-order valence-electron chi connectivity index (χ3n) is 7.14. The molecule has 3 aliphatic rings. The average molecular weight is 692 g/mol. The first-order valence-electron chi connectivity index (χ1n) is 12.7. The molecule has 0 radical (unpaired) electrons. The Hall–Kier alpha value is -2.66. The lowest BCUT2D eigenvalue weighted by molar-refractivity contribution is -0.0249. The summed E-state index contributed by atoms with van der Waals surface area (Å²) in [7, 11) is -4.76. The number of aliphatic hydroxyl groups excluding tert-OH is 1. The number of nitrogens with one attached hydrogen (secondary N) is 1. The van der Waals surface area contributed by atoms with E-state index in [1.54, 1.807) is 0 Å². The van der Waals surface area contributed by atoms with Crippen LogP contribution in [0.2, 0.25) is 0 Å². The number of nitrogens with two attached hydrogens (primary N) is 2. The fourth-order valence-corrected chi connectivity index (χ4v) is 9.20. The van der Waals surface area contributed by atoms with Crippen LogP contribution in [0, 0.1) is 0 Å². The Labute approximate surface area is 254 Å². The molecule has 0 aliphatic carbocycles. The first kappa shape index (κ1) is 30.0. The fraction of sp³-hybridized carbons (Fsp3) is 0.526. The van der Waals surface area contributed by atoms with Gasteiger partial charge in [0.1, 0.15) is 30.0 Å². The maximum absolute atomic E-state index is 13.1. The first-order chi connectivity index (χ1) is 20.9. The Balaban J connectivity index is 1.19. The molecule has 3 saturated heterocycles. The van der Waals surface area contributed by atoms with Crippen LogP contribution in [0.5, 0.6) is 0 Å². The normalized spacial score (nSPS) is 36.6. The number of aliphatic hydroxyl groups is 1. The van der Waals surface area contributed by atoms with Crippen LogP contribution in [-0.2, 0) is 39.2 Å². The van der Waals surface area contributed by atoms with E-state index in [4.69, 9.17) is 46.1 Å². The largest absolute Gasteiger partial charge is 0.472 e. The van der Waals surface area contributed by atoms with Gasteiger partial charge in [0.15, 0.2) is 16.8 Å². The smallest absolute Gasteiger partial charge is 0.389 e. The fourth-order valence-electron chi connectivity index (χ4n) is 5.17. The van der Waals surface area contributed by atoms with Gasteiger partial charge in [-0.15, -0.1) is 16.9 Å². The molecule has 0 spiro atoms. The number of nitrogen functional groups attached to an aromatic ring is 2. The van der Waals surface area contributed by atoms with Crippen molar-refractivity contribution in [2.24, 2.45) is 0 Å². The molecular weight excluding hydrogens is 668 g/mol. The molecule has 21 nitrogen and oxygen atoms in total. The van der Waals surface area contributed by atoms with Crippen LogP contribution < -0.4 is 17.0 Å². The van der Waals surface area contributed by atoms with Crippen LogP contribution in [0.1, 0.15) is 23.5 Å². The van der Waals surface area contributed by atoms with Gasteiger partial charge in [0.2, 0.25) is 11.9 Å². The van der Waals surface area contributed by atoms with Gasteiger partial charge in [0.25, 0.3) is 5.56 Å². The molecule has 0 amide bonds. The van der Waals surface area contributed by atoms with Gasteiger partial charge in [0, 0.05) is 12.0 Å². The lowest BCUT2D eigenvalue weighted by Crippen LogP contribution is -2.35. The van der Waals surface area contributed by atoms with Crippen molar-refractivity contribution in [2.75, 3.05) is 24.7 Å². The van der Waals surface area contributed by atoms with E-state index in [2.05, 4.69) is 35.3 Å². The van der Waals surface area contributed by atoms with E-state index in [1.165, 1.54) is 21.7 Å². The highest BCUT2D eigenvalue weighted by atomic mass is 32.5. The van der Waals surface area contributed by atoms with E-state index in [1.807, 2.05) is 0 Å². The van der Waals surface area contributed by atoms with E-state index in [-0.39, 0.29) is 29.5 Å². The number of nitrogens with zero attached hydrogens (tertiary/aromatic N) is 8. The molecule has 7 rings (SSSR count). The lowest BCUT2D eigenvalue weighted by Gasteiger charge is -2.27. The van der Waals surface area contributed by atoms with Gasteiger partial charge in [-0.05, 0) is 11.8 Å². The highest BCUT2D eigenvalue weighted by Crippen LogP contribution is 2.56. The molecule has 0 saturated carbocycles. The van der Waals surface area contributed by atoms with Gasteiger partial charge < -0.3 is 35.6 Å². The van der Waals surface area contributed by atoms with Crippen molar-refractivity contribution < 1.29 is 42.3 Å². The zero-order chi connectivity index (χ0) is 31.0. The lowest BCUT2D eigenvalue weighted by atomic mass is 10.1. The second kappa shape index (κ2) is 11.0. The van der Waals surface area contributed by atoms with Crippen LogP contribution in [0.3, 0.4) is 0 Å². The molecule has 3 aliphatic heterocycles. The topological polar surface area (TPSA) is 295 Å². The van der Waals surface area contributed by atoms with Crippen LogP contribution in [0.4, 0.5) is 11.9 Å². The molecule has 25 heteroatoms. The summed E-state index contributed by atoms with van der Waals surface area (Å²) in [6.45, 7) is -5.07. The number of H-pyrrole nitrogens is 1. The molecule has 8 N–H and O–H groups in total. The number of aromatic nitrogens is 9. The van der Waals surface area contributed by atoms with Crippen molar-refractivity contribution in [3.63, 3.8) is 0 Å². The Morgan fingerprint density at radius 3 is 2.77 bits per heavy atom. The summed E-state index contributed by atoms with van der Waals surface area (Å²) in [6, 6.07) is 0. The zero-order valence-electron chi connectivity index (χ0n) is 22.0. The minimum Gasteiger partial charge on any atom is -0.389 e. The Morgan fingerprint density at radius 2 is 1.95 bits per heavy atom. The zero-order valence-corrected chi connectivity index (χ0v) is 25.4. The molecule has 3 unspecified atom stereocenters. The summed E-state index contributed by atoms with van der Waals surface area (Å²) < 4.78 is 43.9. The number of fused-ring (bicyclic) bond motifs is 5. The molecular formula is C19H23N11O10P2S2. The summed E-state index contributed by atoms with van der Waals surface area (Å²) in [4.78, 5) is 48.5. The predicted molar refractivity (Wildman–Crippen MR) is 152 cm³/mol. The molecule has 236 valence electrons. The number of thioether (sulfide) groups is 1. The maximum Gasteiger partial charge on any atom is 0.472 e. The van der Waals surface area contributed by atoms with E-state index in [0.717, 1.165) is 11.8 Å². The average Bonchev–Trinajstić information content (AvgIpc) is 3.72. The van der Waals surface area contributed by atoms with Crippen LogP contribution in [0.15, 0.2) is 17.3 Å². The van der Waals surface area contributed by atoms with Crippen molar-refractivity contribution in [3.8, 4) is 0 Å². The standard InChI is InChI=1S/C19H23N11O10P2S2/c20-18-25-15-11(16(32)26-18)27-28-29(15)17-13-12(31)10(44-17)4-36-41(33,34)39-8-1-7(38-9(8)3-37-42(35,43)40-13)6-2-24-30-14(6)22-5-23-19(30)21/h2,5,7-10,12-13,17,31H,1,3-4H2,(H,33,34)(H,35,43)(H2,21,22,23)(H3,20,25,26,32)/t7-,8+,9?,10-,12-,13-,17-,42?/m1/s1. The van der Waals surface area contributed by atoms with Gasteiger partial charge >= 0.3 is 14.5 Å². The molecule has 2 bridgehead atoms. The minimum absolute atomic E-state index is 0.0384. The number of rotatable bonds is 2. The Bertz CT molecular complexity index is 1910. The minimum atomic E-state index is -4.76. The van der Waals surface area contributed by atoms with Gasteiger partial charge in [0.05, 0.1) is 36.9 Å². The highest BCUT2D eigenvalue weighted by molar-refractivity contribution is 8.07. The maximum atomic E-state index is 13.1. The first-order valence-corrected chi connectivity index (χ1v) is 17.8. The second-order valence-electron chi connectivity index (χ2n) is 9.92. The quantitative estimate of drug-likeness (QED) is 0.134. The number of hydrogen-bond acceptors (Lipinski definition) is 18. The van der Waals surface area contributed by atoms with Crippen LogP contribution >= 0.6 is 26.3 Å². The number of phosphoric acid groups is 1. The number of anilines is 2. The van der Waals surface area contributed by atoms with Gasteiger partial charge in [-0.2, -0.15) is 14.6 Å². The van der Waals surface area contributed by atoms with Gasteiger partial charge in [-0.1, -0.05) is 5.21 Å². The monoisotopic (exact) mass is 691 g/mol. The molecule has 9 atom stereocenters. The number of ether oxygens (including phenoxy) is 1. The third-order valence-corrected chi connectivity index (χ3v) is 11.2. The summed E-state index contributed by atoms with van der Waals surface area (Å²) in [5, 5.41) is 21.2. The SMILES string of the molecule is Nc1nc2c(nnn2[C@@H]2S[C@@H]3COP(=O)(O)O[C@H]4C[C@H](c5cnn6c(N)ncnc56)OC4COP(O)(=S)O[C@@H]2[C@@H]3O)c(=O)[nH]1. The van der Waals surface area contributed by atoms with E-state index in [0.29, 0.717) is 11.2 Å². The number of hydrogen-bond donors (Lipinski definition) is 6. The van der Waals surface area contributed by atoms with E-state index < -0.39 is 74.5 Å². The van der Waals surface area contributed by atoms with Crippen molar-refractivity contribution >= 4 is 66.8 Å². The number of aromatic amines is 1. The van der Waals surface area contributed by atoms with Crippen molar-refractivity contribution in [3.05, 3.63) is 28.4 Å².